The zero-order valence-corrected chi connectivity index (χ0v) is 10.6. The molecule has 0 heterocycles. The number of benzene rings is 2. The zero-order chi connectivity index (χ0) is 12.3. The van der Waals surface area contributed by atoms with Crippen molar-refractivity contribution in [3.8, 4) is 0 Å². The standard InChI is InChI=1S/C16H17N/c1-12-8-7-9-13(2)16(12)17-14(3)15-10-5-4-6-11-15/h4-11H,1-3H3/b17-14-. The quantitative estimate of drug-likeness (QED) is 0.667. The summed E-state index contributed by atoms with van der Waals surface area (Å²) in [5, 5.41) is 0. The van der Waals surface area contributed by atoms with E-state index in [9.17, 15) is 0 Å². The van der Waals surface area contributed by atoms with Gasteiger partial charge in [0.05, 0.1) is 5.69 Å². The number of aliphatic imine (C=N–C) groups is 1. The van der Waals surface area contributed by atoms with Crippen LogP contribution in [0.25, 0.3) is 0 Å². The fourth-order valence-corrected chi connectivity index (χ4v) is 1.89. The van der Waals surface area contributed by atoms with Crippen LogP contribution in [0.2, 0.25) is 0 Å². The molecule has 17 heavy (non-hydrogen) atoms. The summed E-state index contributed by atoms with van der Waals surface area (Å²) >= 11 is 0. The van der Waals surface area contributed by atoms with Crippen molar-refractivity contribution in [2.45, 2.75) is 20.8 Å². The van der Waals surface area contributed by atoms with E-state index < -0.39 is 0 Å². The monoisotopic (exact) mass is 223 g/mol. The van der Waals surface area contributed by atoms with Crippen molar-refractivity contribution in [1.82, 2.24) is 0 Å². The van der Waals surface area contributed by atoms with Crippen LogP contribution in [-0.2, 0) is 0 Å². The van der Waals surface area contributed by atoms with Crippen LogP contribution in [-0.4, -0.2) is 5.71 Å². The van der Waals surface area contributed by atoms with Crippen molar-refractivity contribution in [3.63, 3.8) is 0 Å². The van der Waals surface area contributed by atoms with Crippen molar-refractivity contribution in [2.75, 3.05) is 0 Å². The predicted molar refractivity (Wildman–Crippen MR) is 74.2 cm³/mol. The molecule has 0 unspecified atom stereocenters. The van der Waals surface area contributed by atoms with Gasteiger partial charge in [0.1, 0.15) is 0 Å². The number of hydrogen-bond donors (Lipinski definition) is 0. The van der Waals surface area contributed by atoms with Crippen LogP contribution < -0.4 is 0 Å². The molecular weight excluding hydrogens is 206 g/mol. The second kappa shape index (κ2) is 4.96. The van der Waals surface area contributed by atoms with Gasteiger partial charge in [-0.3, -0.25) is 4.99 Å². The molecule has 0 saturated carbocycles. The summed E-state index contributed by atoms with van der Waals surface area (Å²) < 4.78 is 0. The molecule has 2 aromatic rings. The third-order valence-corrected chi connectivity index (χ3v) is 2.91. The van der Waals surface area contributed by atoms with Gasteiger partial charge in [0.25, 0.3) is 0 Å². The lowest BCUT2D eigenvalue weighted by atomic mass is 10.1. The van der Waals surface area contributed by atoms with Crippen molar-refractivity contribution in [3.05, 3.63) is 65.2 Å². The maximum atomic E-state index is 4.74. The second-order valence-electron chi connectivity index (χ2n) is 4.30. The Kier molecular flexibility index (Phi) is 3.38. The van der Waals surface area contributed by atoms with E-state index in [1.165, 1.54) is 16.7 Å². The van der Waals surface area contributed by atoms with E-state index >= 15 is 0 Å². The topological polar surface area (TPSA) is 12.4 Å². The number of rotatable bonds is 2. The lowest BCUT2D eigenvalue weighted by Gasteiger charge is -2.06. The molecule has 1 heteroatoms. The molecule has 0 spiro atoms. The van der Waals surface area contributed by atoms with Gasteiger partial charge >= 0.3 is 0 Å². The highest BCUT2D eigenvalue weighted by molar-refractivity contribution is 6.00. The minimum atomic E-state index is 1.06. The molecule has 2 aromatic carbocycles. The van der Waals surface area contributed by atoms with Crippen molar-refractivity contribution >= 4 is 11.4 Å². The number of hydrogen-bond acceptors (Lipinski definition) is 1. The Labute approximate surface area is 103 Å². The molecule has 86 valence electrons. The summed E-state index contributed by atoms with van der Waals surface area (Å²) in [6.45, 7) is 6.26. The highest BCUT2D eigenvalue weighted by atomic mass is 14.7. The first kappa shape index (κ1) is 11.6. The predicted octanol–water partition coefficient (Wildman–Crippen LogP) is 4.44. The number of nitrogens with zero attached hydrogens (tertiary/aromatic N) is 1. The molecule has 1 nitrogen and oxygen atoms in total. The number of para-hydroxylation sites is 1. The summed E-state index contributed by atoms with van der Waals surface area (Å²) in [7, 11) is 0. The minimum absolute atomic E-state index is 1.06. The van der Waals surface area contributed by atoms with Gasteiger partial charge < -0.3 is 0 Å². The van der Waals surface area contributed by atoms with E-state index in [2.05, 4.69) is 51.1 Å². The van der Waals surface area contributed by atoms with E-state index in [4.69, 9.17) is 4.99 Å². The Morgan fingerprint density at radius 2 is 1.41 bits per heavy atom. The van der Waals surface area contributed by atoms with Gasteiger partial charge in [-0.05, 0) is 37.5 Å². The molecule has 0 aliphatic rings. The SMILES string of the molecule is C/C(=N/c1c(C)cccc1C)c1ccccc1. The molecule has 0 N–H and O–H groups in total. The van der Waals surface area contributed by atoms with Crippen LogP contribution in [0.1, 0.15) is 23.6 Å². The lowest BCUT2D eigenvalue weighted by molar-refractivity contribution is 1.32. The van der Waals surface area contributed by atoms with Gasteiger partial charge in [-0.2, -0.15) is 0 Å². The molecule has 0 fully saturated rings. The highest BCUT2D eigenvalue weighted by Crippen LogP contribution is 2.23. The molecule has 0 atom stereocenters. The maximum absolute atomic E-state index is 4.74. The van der Waals surface area contributed by atoms with Gasteiger partial charge in [0.15, 0.2) is 0 Å². The summed E-state index contributed by atoms with van der Waals surface area (Å²) in [6, 6.07) is 16.6. The largest absolute Gasteiger partial charge is 0.253 e. The third kappa shape index (κ3) is 2.62. The fourth-order valence-electron chi connectivity index (χ4n) is 1.89. The van der Waals surface area contributed by atoms with E-state index in [1.54, 1.807) is 0 Å². The van der Waals surface area contributed by atoms with Crippen molar-refractivity contribution < 1.29 is 0 Å². The van der Waals surface area contributed by atoms with Crippen molar-refractivity contribution in [1.29, 1.82) is 0 Å². The smallest absolute Gasteiger partial charge is 0.0691 e. The second-order valence-corrected chi connectivity index (χ2v) is 4.30. The van der Waals surface area contributed by atoms with Gasteiger partial charge in [0.2, 0.25) is 0 Å². The van der Waals surface area contributed by atoms with Gasteiger partial charge in [-0.25, -0.2) is 0 Å². The van der Waals surface area contributed by atoms with Crippen LogP contribution in [0.5, 0.6) is 0 Å². The summed E-state index contributed by atoms with van der Waals surface area (Å²) in [6.07, 6.45) is 0. The normalized spacial score (nSPS) is 11.6. The molecule has 0 saturated heterocycles. The maximum Gasteiger partial charge on any atom is 0.0691 e. The average molecular weight is 223 g/mol. The summed E-state index contributed by atoms with van der Waals surface area (Å²) in [5.41, 5.74) is 5.77. The Balaban J connectivity index is 2.43. The van der Waals surface area contributed by atoms with Gasteiger partial charge in [-0.1, -0.05) is 48.5 Å². The Hall–Kier alpha value is -1.89. The summed E-state index contributed by atoms with van der Waals surface area (Å²) in [5.74, 6) is 0. The molecule has 0 aliphatic heterocycles. The Morgan fingerprint density at radius 1 is 0.824 bits per heavy atom. The molecular formula is C16H17N. The minimum Gasteiger partial charge on any atom is -0.253 e. The molecule has 2 rings (SSSR count). The van der Waals surface area contributed by atoms with E-state index in [0.717, 1.165) is 11.4 Å². The van der Waals surface area contributed by atoms with Crippen LogP contribution in [0.15, 0.2) is 53.5 Å². The van der Waals surface area contributed by atoms with E-state index in [0.29, 0.717) is 0 Å². The van der Waals surface area contributed by atoms with Crippen LogP contribution in [0.4, 0.5) is 5.69 Å². The first-order chi connectivity index (χ1) is 8.18. The van der Waals surface area contributed by atoms with Crippen LogP contribution in [0.3, 0.4) is 0 Å². The molecule has 0 aliphatic carbocycles. The molecule has 0 amide bonds. The van der Waals surface area contributed by atoms with Crippen molar-refractivity contribution in [2.24, 2.45) is 4.99 Å². The summed E-state index contributed by atoms with van der Waals surface area (Å²) in [4.78, 5) is 4.74. The molecule has 0 bridgehead atoms. The lowest BCUT2D eigenvalue weighted by Crippen LogP contribution is -1.94. The van der Waals surface area contributed by atoms with Crippen LogP contribution in [0, 0.1) is 13.8 Å². The first-order valence-corrected chi connectivity index (χ1v) is 5.85. The van der Waals surface area contributed by atoms with Gasteiger partial charge in [0, 0.05) is 5.71 Å². The van der Waals surface area contributed by atoms with E-state index in [1.807, 2.05) is 18.2 Å². The zero-order valence-electron chi connectivity index (χ0n) is 10.6. The van der Waals surface area contributed by atoms with Gasteiger partial charge in [-0.15, -0.1) is 0 Å². The molecule has 0 radical (unpaired) electrons. The third-order valence-electron chi connectivity index (χ3n) is 2.91. The molecule has 0 aromatic heterocycles. The van der Waals surface area contributed by atoms with E-state index in [-0.39, 0.29) is 0 Å². The van der Waals surface area contributed by atoms with Crippen LogP contribution >= 0.6 is 0 Å². The number of aryl methyl sites for hydroxylation is 2. The average Bonchev–Trinajstić information content (AvgIpc) is 2.35. The highest BCUT2D eigenvalue weighted by Gasteiger charge is 2.02. The Bertz CT molecular complexity index is 518. The Morgan fingerprint density at radius 3 is 2.00 bits per heavy atom. The first-order valence-electron chi connectivity index (χ1n) is 5.85. The fraction of sp³-hybridized carbons (Fsp3) is 0.188.